The van der Waals surface area contributed by atoms with E-state index in [9.17, 15) is 4.79 Å². The van der Waals surface area contributed by atoms with Gasteiger partial charge in [0.05, 0.1) is 11.6 Å². The van der Waals surface area contributed by atoms with E-state index in [1.807, 2.05) is 11.9 Å². The Hall–Kier alpha value is -1.99. The van der Waals surface area contributed by atoms with Gasteiger partial charge in [0.1, 0.15) is 17.6 Å². The number of halogens is 1. The number of anilines is 1. The van der Waals surface area contributed by atoms with Crippen LogP contribution in [0, 0.1) is 0 Å². The molecule has 0 radical (unpaired) electrons. The van der Waals surface area contributed by atoms with E-state index >= 15 is 0 Å². The highest BCUT2D eigenvalue weighted by Crippen LogP contribution is 2.47. The molecule has 1 N–H and O–H groups in total. The minimum absolute atomic E-state index is 0.0527. The third-order valence-electron chi connectivity index (χ3n) is 6.47. The predicted molar refractivity (Wildman–Crippen MR) is 126 cm³/mol. The van der Waals surface area contributed by atoms with Crippen molar-refractivity contribution in [2.75, 3.05) is 19.1 Å². The quantitative estimate of drug-likeness (QED) is 0.607. The van der Waals surface area contributed by atoms with Gasteiger partial charge in [0.25, 0.3) is 5.91 Å². The molecular weight excluding hydrogens is 462 g/mol. The molecule has 4 rings (SSSR count). The second-order valence-corrected chi connectivity index (χ2v) is 10.2. The van der Waals surface area contributed by atoms with Gasteiger partial charge in [0, 0.05) is 28.8 Å². The lowest BCUT2D eigenvalue weighted by atomic mass is 9.97. The number of nitrogens with one attached hydrogen (secondary N) is 1. The summed E-state index contributed by atoms with van der Waals surface area (Å²) < 4.78 is 6.43. The fourth-order valence-corrected chi connectivity index (χ4v) is 5.28. The molecule has 2 aliphatic rings. The van der Waals surface area contributed by atoms with Crippen molar-refractivity contribution in [3.05, 3.63) is 56.0 Å². The summed E-state index contributed by atoms with van der Waals surface area (Å²) in [6.07, 6.45) is 2.50. The topological polar surface area (TPSA) is 44.8 Å². The van der Waals surface area contributed by atoms with Gasteiger partial charge >= 0.3 is 0 Å². The third kappa shape index (κ3) is 3.42. The normalized spacial score (nSPS) is 18.1. The maximum absolute atomic E-state index is 13.6. The SMILES string of the molecule is CCC(C)(C)N(C)C(=O)C1=C2CCc3cc(OC)c(Br)cc3N2C(c2cccs2)N1. The molecule has 30 heavy (non-hydrogen) atoms. The van der Waals surface area contributed by atoms with Crippen LogP contribution in [0.5, 0.6) is 5.75 Å². The summed E-state index contributed by atoms with van der Waals surface area (Å²) in [5.41, 5.74) is 3.94. The Kier molecular flexibility index (Phi) is 5.62. The number of methoxy groups -OCH3 is 1. The van der Waals surface area contributed by atoms with Gasteiger partial charge in [-0.25, -0.2) is 0 Å². The zero-order valence-electron chi connectivity index (χ0n) is 18.1. The molecule has 0 bridgehead atoms. The van der Waals surface area contributed by atoms with Crippen LogP contribution in [0.1, 0.15) is 50.2 Å². The number of allylic oxidation sites excluding steroid dienone is 1. The molecule has 0 spiro atoms. The van der Waals surface area contributed by atoms with Crippen LogP contribution in [0.3, 0.4) is 0 Å². The first-order valence-corrected chi connectivity index (χ1v) is 11.9. The van der Waals surface area contributed by atoms with Crippen molar-refractivity contribution in [3.8, 4) is 5.75 Å². The zero-order valence-corrected chi connectivity index (χ0v) is 20.5. The highest BCUT2D eigenvalue weighted by Gasteiger charge is 2.42. The largest absolute Gasteiger partial charge is 0.496 e. The number of hydrogen-bond donors (Lipinski definition) is 1. The van der Waals surface area contributed by atoms with E-state index < -0.39 is 0 Å². The number of thiophene rings is 1. The standard InChI is InChI=1S/C23H28BrN3O2S/c1-6-23(2,3)26(4)22(28)20-16-10-9-14-12-18(29-5)15(24)13-17(14)27(16)21(25-20)19-8-7-11-30-19/h7-8,11-13,21,25H,6,9-10H2,1-5H3. The van der Waals surface area contributed by atoms with Gasteiger partial charge in [-0.1, -0.05) is 13.0 Å². The number of amides is 1. The second kappa shape index (κ2) is 7.93. The first-order valence-electron chi connectivity index (χ1n) is 10.3. The maximum Gasteiger partial charge on any atom is 0.272 e. The Morgan fingerprint density at radius 2 is 2.17 bits per heavy atom. The molecule has 1 aromatic carbocycles. The molecular formula is C23H28BrN3O2S. The third-order valence-corrected chi connectivity index (χ3v) is 8.01. The number of rotatable bonds is 5. The fourth-order valence-electron chi connectivity index (χ4n) is 4.02. The lowest BCUT2D eigenvalue weighted by molar-refractivity contribution is -0.131. The van der Waals surface area contributed by atoms with E-state index in [0.717, 1.165) is 46.6 Å². The Morgan fingerprint density at radius 1 is 1.40 bits per heavy atom. The highest BCUT2D eigenvalue weighted by atomic mass is 79.9. The minimum Gasteiger partial charge on any atom is -0.496 e. The van der Waals surface area contributed by atoms with Crippen LogP contribution in [-0.4, -0.2) is 30.5 Å². The van der Waals surface area contributed by atoms with Crippen LogP contribution in [-0.2, 0) is 11.2 Å². The van der Waals surface area contributed by atoms with E-state index in [4.69, 9.17) is 4.74 Å². The van der Waals surface area contributed by atoms with Crippen LogP contribution in [0.25, 0.3) is 0 Å². The van der Waals surface area contributed by atoms with Crippen molar-refractivity contribution < 1.29 is 9.53 Å². The predicted octanol–water partition coefficient (Wildman–Crippen LogP) is 5.43. The number of fused-ring (bicyclic) bond motifs is 3. The molecule has 0 fully saturated rings. The molecule has 3 heterocycles. The minimum atomic E-state index is -0.207. The lowest BCUT2D eigenvalue weighted by Gasteiger charge is -2.35. The van der Waals surface area contributed by atoms with Gasteiger partial charge in [-0.15, -0.1) is 11.3 Å². The van der Waals surface area contributed by atoms with Crippen LogP contribution in [0.2, 0.25) is 0 Å². The average Bonchev–Trinajstić information content (AvgIpc) is 3.40. The van der Waals surface area contributed by atoms with Crippen molar-refractivity contribution >= 4 is 38.9 Å². The molecule has 0 saturated heterocycles. The van der Waals surface area contributed by atoms with Crippen LogP contribution < -0.4 is 15.0 Å². The molecule has 1 aromatic heterocycles. The summed E-state index contributed by atoms with van der Waals surface area (Å²) >= 11 is 5.35. The van der Waals surface area contributed by atoms with Crippen molar-refractivity contribution in [1.29, 1.82) is 0 Å². The van der Waals surface area contributed by atoms with E-state index in [0.29, 0.717) is 0 Å². The molecule has 1 atom stereocenters. The monoisotopic (exact) mass is 489 g/mol. The summed E-state index contributed by atoms with van der Waals surface area (Å²) in [6, 6.07) is 8.40. The molecule has 1 amide bonds. The fraction of sp³-hybridized carbons (Fsp3) is 0.435. The summed E-state index contributed by atoms with van der Waals surface area (Å²) in [5, 5.41) is 5.66. The van der Waals surface area contributed by atoms with E-state index in [1.54, 1.807) is 18.4 Å². The Morgan fingerprint density at radius 3 is 2.80 bits per heavy atom. The van der Waals surface area contributed by atoms with Crippen molar-refractivity contribution in [2.45, 2.75) is 51.7 Å². The summed E-state index contributed by atoms with van der Waals surface area (Å²) in [6.45, 7) is 6.34. The second-order valence-electron chi connectivity index (χ2n) is 8.40. The molecule has 0 aliphatic carbocycles. The molecule has 7 heteroatoms. The zero-order chi connectivity index (χ0) is 21.6. The molecule has 5 nitrogen and oxygen atoms in total. The van der Waals surface area contributed by atoms with E-state index in [1.165, 1.54) is 10.4 Å². The molecule has 2 aliphatic heterocycles. The van der Waals surface area contributed by atoms with E-state index in [-0.39, 0.29) is 17.6 Å². The number of carbonyl (C=O) groups is 1. The smallest absolute Gasteiger partial charge is 0.272 e. The van der Waals surface area contributed by atoms with Crippen LogP contribution in [0.15, 0.2) is 45.5 Å². The van der Waals surface area contributed by atoms with Crippen molar-refractivity contribution in [1.82, 2.24) is 10.2 Å². The van der Waals surface area contributed by atoms with Crippen LogP contribution >= 0.6 is 27.3 Å². The van der Waals surface area contributed by atoms with Crippen molar-refractivity contribution in [3.63, 3.8) is 0 Å². The first kappa shape index (κ1) is 21.2. The summed E-state index contributed by atoms with van der Waals surface area (Å²) in [5.74, 6) is 0.888. The number of aryl methyl sites for hydroxylation is 1. The van der Waals surface area contributed by atoms with Gasteiger partial charge in [-0.05, 0) is 78.2 Å². The molecule has 2 aromatic rings. The lowest BCUT2D eigenvalue weighted by Crippen LogP contribution is -2.46. The van der Waals surface area contributed by atoms with E-state index in [2.05, 4.69) is 76.6 Å². The van der Waals surface area contributed by atoms with Crippen LogP contribution in [0.4, 0.5) is 5.69 Å². The summed E-state index contributed by atoms with van der Waals surface area (Å²) in [7, 11) is 3.59. The van der Waals surface area contributed by atoms with Crippen molar-refractivity contribution in [2.24, 2.45) is 0 Å². The molecule has 0 saturated carbocycles. The Labute approximate surface area is 190 Å². The van der Waals surface area contributed by atoms with Gasteiger partial charge < -0.3 is 19.9 Å². The average molecular weight is 490 g/mol. The number of ether oxygens (including phenoxy) is 1. The molecule has 1 unspecified atom stereocenters. The van der Waals surface area contributed by atoms with Gasteiger partial charge in [0.2, 0.25) is 0 Å². The number of carbonyl (C=O) groups excluding carboxylic acids is 1. The van der Waals surface area contributed by atoms with Gasteiger partial charge in [-0.2, -0.15) is 0 Å². The Balaban J connectivity index is 1.82. The first-order chi connectivity index (χ1) is 14.3. The maximum atomic E-state index is 13.6. The Bertz CT molecular complexity index is 1000. The number of hydrogen-bond acceptors (Lipinski definition) is 5. The number of benzene rings is 1. The van der Waals surface area contributed by atoms with Gasteiger partial charge in [0.15, 0.2) is 0 Å². The highest BCUT2D eigenvalue weighted by molar-refractivity contribution is 9.10. The summed E-state index contributed by atoms with van der Waals surface area (Å²) in [4.78, 5) is 18.9. The molecule has 160 valence electrons. The number of nitrogens with zero attached hydrogens (tertiary/aromatic N) is 2. The van der Waals surface area contributed by atoms with Gasteiger partial charge in [-0.3, -0.25) is 4.79 Å². The number of likely N-dealkylation sites (N-methyl/N-ethyl adjacent to an activating group) is 1.